The van der Waals surface area contributed by atoms with E-state index in [1.54, 1.807) is 18.2 Å². The Morgan fingerprint density at radius 1 is 1.27 bits per heavy atom. The average molecular weight is 397 g/mol. The zero-order valence-corrected chi connectivity index (χ0v) is 15.6. The zero-order valence-electron chi connectivity index (χ0n) is 14.0. The molecule has 1 amide bonds. The molecule has 0 unspecified atom stereocenters. The van der Waals surface area contributed by atoms with E-state index in [0.29, 0.717) is 54.7 Å². The van der Waals surface area contributed by atoms with Gasteiger partial charge in [-0.3, -0.25) is 10.1 Å². The normalized spacial score (nSPS) is 21.9. The van der Waals surface area contributed by atoms with Crippen molar-refractivity contribution >= 4 is 42.6 Å². The van der Waals surface area contributed by atoms with Crippen molar-refractivity contribution in [2.45, 2.75) is 23.8 Å². The predicted molar refractivity (Wildman–Crippen MR) is 96.8 cm³/mol. The van der Waals surface area contributed by atoms with Crippen LogP contribution < -0.4 is 5.32 Å². The summed E-state index contributed by atoms with van der Waals surface area (Å²) in [6, 6.07) is 4.83. The Morgan fingerprint density at radius 3 is 2.81 bits per heavy atom. The van der Waals surface area contributed by atoms with Crippen molar-refractivity contribution in [3.05, 3.63) is 18.2 Å². The largest absolute Gasteiger partial charge is 0.379 e. The van der Waals surface area contributed by atoms with Gasteiger partial charge in [0.05, 0.1) is 28.3 Å². The quantitative estimate of drug-likeness (QED) is 0.838. The molecule has 10 heteroatoms. The summed E-state index contributed by atoms with van der Waals surface area (Å²) in [5.41, 5.74) is 0.651. The van der Waals surface area contributed by atoms with Gasteiger partial charge in [-0.05, 0) is 31.0 Å². The van der Waals surface area contributed by atoms with Crippen molar-refractivity contribution in [2.75, 3.05) is 38.2 Å². The lowest BCUT2D eigenvalue weighted by atomic mass is 10.2. The van der Waals surface area contributed by atoms with Crippen LogP contribution in [0.25, 0.3) is 10.2 Å². The van der Waals surface area contributed by atoms with Gasteiger partial charge in [0.15, 0.2) is 5.13 Å². The zero-order chi connectivity index (χ0) is 18.1. The fourth-order valence-electron chi connectivity index (χ4n) is 3.03. The molecule has 0 spiro atoms. The van der Waals surface area contributed by atoms with E-state index in [9.17, 15) is 13.2 Å². The molecule has 1 N–H and O–H groups in total. The van der Waals surface area contributed by atoms with E-state index in [2.05, 4.69) is 10.3 Å². The molecule has 8 nitrogen and oxygen atoms in total. The lowest BCUT2D eigenvalue weighted by Crippen LogP contribution is -2.40. The third kappa shape index (κ3) is 3.47. The molecular formula is C16H19N3O5S2. The van der Waals surface area contributed by atoms with E-state index in [0.717, 1.165) is 6.42 Å². The third-order valence-corrected chi connectivity index (χ3v) is 7.25. The van der Waals surface area contributed by atoms with Crippen molar-refractivity contribution in [1.29, 1.82) is 0 Å². The summed E-state index contributed by atoms with van der Waals surface area (Å²) in [6.07, 6.45) is 1.15. The van der Waals surface area contributed by atoms with Gasteiger partial charge in [0.25, 0.3) is 5.91 Å². The number of morpholine rings is 1. The maximum absolute atomic E-state index is 12.8. The van der Waals surface area contributed by atoms with Gasteiger partial charge in [0.2, 0.25) is 10.0 Å². The molecule has 1 aromatic carbocycles. The first-order valence-electron chi connectivity index (χ1n) is 8.45. The number of anilines is 1. The Labute approximate surface area is 155 Å². The van der Waals surface area contributed by atoms with Crippen LogP contribution in [-0.4, -0.2) is 62.6 Å². The minimum absolute atomic E-state index is 0.206. The number of carbonyl (C=O) groups excluding carboxylic acids is 1. The maximum atomic E-state index is 12.8. The number of rotatable bonds is 4. The van der Waals surface area contributed by atoms with Gasteiger partial charge in [-0.25, -0.2) is 13.4 Å². The number of hydrogen-bond donors (Lipinski definition) is 1. The summed E-state index contributed by atoms with van der Waals surface area (Å²) in [5.74, 6) is -0.206. The summed E-state index contributed by atoms with van der Waals surface area (Å²) < 4.78 is 38.2. The van der Waals surface area contributed by atoms with Crippen LogP contribution >= 0.6 is 11.3 Å². The van der Waals surface area contributed by atoms with Crippen LogP contribution in [0.2, 0.25) is 0 Å². The number of benzene rings is 1. The highest BCUT2D eigenvalue weighted by atomic mass is 32.2. The van der Waals surface area contributed by atoms with Crippen LogP contribution in [0.5, 0.6) is 0 Å². The molecule has 0 aliphatic carbocycles. The molecule has 3 heterocycles. The molecule has 140 valence electrons. The molecule has 2 fully saturated rings. The molecule has 2 aromatic rings. The Bertz CT molecular complexity index is 915. The molecule has 26 heavy (non-hydrogen) atoms. The minimum atomic E-state index is -3.56. The van der Waals surface area contributed by atoms with Crippen molar-refractivity contribution < 1.29 is 22.7 Å². The highest BCUT2D eigenvalue weighted by Gasteiger charge is 2.27. The number of thiazole rings is 1. The smallest absolute Gasteiger partial charge is 0.255 e. The van der Waals surface area contributed by atoms with E-state index in [1.165, 1.54) is 15.6 Å². The van der Waals surface area contributed by atoms with Gasteiger partial charge >= 0.3 is 0 Å². The predicted octanol–water partition coefficient (Wildman–Crippen LogP) is 1.43. The second kappa shape index (κ2) is 7.20. The lowest BCUT2D eigenvalue weighted by Gasteiger charge is -2.25. The Morgan fingerprint density at radius 2 is 2.08 bits per heavy atom. The van der Waals surface area contributed by atoms with Gasteiger partial charge in [0.1, 0.15) is 6.10 Å². The molecule has 1 aromatic heterocycles. The number of fused-ring (bicyclic) bond motifs is 1. The SMILES string of the molecule is O=C(Nc1nc2ccc(S(=O)(=O)N3CCOCC3)cc2s1)[C@@H]1CCCO1. The van der Waals surface area contributed by atoms with Crippen LogP contribution in [0.3, 0.4) is 0 Å². The number of ether oxygens (including phenoxy) is 2. The Hall–Kier alpha value is -1.59. The Balaban J connectivity index is 1.56. The molecule has 4 rings (SSSR count). The monoisotopic (exact) mass is 397 g/mol. The second-order valence-corrected chi connectivity index (χ2v) is 9.12. The average Bonchev–Trinajstić information content (AvgIpc) is 3.31. The number of aromatic nitrogens is 1. The summed E-state index contributed by atoms with van der Waals surface area (Å²) in [6.45, 7) is 2.11. The fraction of sp³-hybridized carbons (Fsp3) is 0.500. The molecule has 2 saturated heterocycles. The molecule has 2 aliphatic rings. The number of carbonyl (C=O) groups is 1. The van der Waals surface area contributed by atoms with E-state index < -0.39 is 16.1 Å². The van der Waals surface area contributed by atoms with Crippen LogP contribution in [0.4, 0.5) is 5.13 Å². The van der Waals surface area contributed by atoms with Crippen LogP contribution in [0, 0.1) is 0 Å². The third-order valence-electron chi connectivity index (χ3n) is 4.42. The topological polar surface area (TPSA) is 97.8 Å². The van der Waals surface area contributed by atoms with Crippen molar-refractivity contribution in [3.63, 3.8) is 0 Å². The first-order chi connectivity index (χ1) is 12.5. The van der Waals surface area contributed by atoms with Gasteiger partial charge in [-0.1, -0.05) is 11.3 Å². The van der Waals surface area contributed by atoms with Gasteiger partial charge in [-0.2, -0.15) is 4.31 Å². The second-order valence-electron chi connectivity index (χ2n) is 6.16. The number of nitrogens with zero attached hydrogens (tertiary/aromatic N) is 2. The molecule has 1 atom stereocenters. The number of nitrogens with one attached hydrogen (secondary N) is 1. The number of hydrogen-bond acceptors (Lipinski definition) is 7. The van der Waals surface area contributed by atoms with E-state index in [4.69, 9.17) is 9.47 Å². The van der Waals surface area contributed by atoms with Crippen LogP contribution in [0.1, 0.15) is 12.8 Å². The number of amides is 1. The molecule has 2 aliphatic heterocycles. The van der Waals surface area contributed by atoms with Crippen molar-refractivity contribution in [1.82, 2.24) is 9.29 Å². The van der Waals surface area contributed by atoms with Crippen molar-refractivity contribution in [2.24, 2.45) is 0 Å². The van der Waals surface area contributed by atoms with E-state index in [1.807, 2.05) is 0 Å². The standard InChI is InChI=1S/C16H19N3O5S2/c20-15(13-2-1-7-24-13)18-16-17-12-4-3-11(10-14(12)25-16)26(21,22)19-5-8-23-9-6-19/h3-4,10,13H,1-2,5-9H2,(H,17,18,20)/t13-/m0/s1. The summed E-state index contributed by atoms with van der Waals surface area (Å²) in [7, 11) is -3.56. The van der Waals surface area contributed by atoms with Crippen LogP contribution in [-0.2, 0) is 24.3 Å². The molecule has 0 bridgehead atoms. The van der Waals surface area contributed by atoms with E-state index >= 15 is 0 Å². The van der Waals surface area contributed by atoms with Gasteiger partial charge in [-0.15, -0.1) is 0 Å². The van der Waals surface area contributed by atoms with Gasteiger partial charge in [0, 0.05) is 19.7 Å². The van der Waals surface area contributed by atoms with Crippen LogP contribution in [0.15, 0.2) is 23.1 Å². The highest BCUT2D eigenvalue weighted by molar-refractivity contribution is 7.89. The number of sulfonamides is 1. The summed E-state index contributed by atoms with van der Waals surface area (Å²) in [5, 5.41) is 3.21. The molecule has 0 saturated carbocycles. The summed E-state index contributed by atoms with van der Waals surface area (Å²) >= 11 is 1.26. The lowest BCUT2D eigenvalue weighted by molar-refractivity contribution is -0.124. The Kier molecular flexibility index (Phi) is 4.93. The summed E-state index contributed by atoms with van der Waals surface area (Å²) in [4.78, 5) is 16.7. The van der Waals surface area contributed by atoms with E-state index in [-0.39, 0.29) is 10.8 Å². The molecule has 0 radical (unpaired) electrons. The van der Waals surface area contributed by atoms with Crippen molar-refractivity contribution in [3.8, 4) is 0 Å². The first kappa shape index (κ1) is 17.8. The minimum Gasteiger partial charge on any atom is -0.379 e. The van der Waals surface area contributed by atoms with Gasteiger partial charge < -0.3 is 9.47 Å². The molecular weight excluding hydrogens is 378 g/mol. The fourth-order valence-corrected chi connectivity index (χ4v) is 5.44. The maximum Gasteiger partial charge on any atom is 0.255 e. The first-order valence-corrected chi connectivity index (χ1v) is 10.7. The highest BCUT2D eigenvalue weighted by Crippen LogP contribution is 2.30.